The minimum absolute atomic E-state index is 0.00549. The van der Waals surface area contributed by atoms with E-state index in [1.165, 1.54) is 12.1 Å². The van der Waals surface area contributed by atoms with Crippen LogP contribution in [-0.4, -0.2) is 42.1 Å². The third kappa shape index (κ3) is 3.73. The summed E-state index contributed by atoms with van der Waals surface area (Å²) >= 11 is 0. The standard InChI is InChI=1S/C32H28N2O6/c35-28-25-11-5-6-12-26(25)29(36)34(28)40-30(37)32(16-19-13-14-20(32)15-19)18-33-31(38)39-17-27-23-9-3-1-7-21(23)22-8-2-4-10-24(22)27/h1-12,19-20,27H,13-18H2,(H,33,38). The lowest BCUT2D eigenvalue weighted by Gasteiger charge is -2.35. The van der Waals surface area contributed by atoms with E-state index in [4.69, 9.17) is 9.57 Å². The molecule has 8 heteroatoms. The molecule has 0 radical (unpaired) electrons. The molecular weight excluding hydrogens is 508 g/mol. The van der Waals surface area contributed by atoms with E-state index < -0.39 is 29.3 Å². The molecule has 4 aliphatic rings. The van der Waals surface area contributed by atoms with Crippen molar-refractivity contribution >= 4 is 23.9 Å². The summed E-state index contributed by atoms with van der Waals surface area (Å²) in [5, 5.41) is 3.38. The highest BCUT2D eigenvalue weighted by Gasteiger charge is 2.58. The average Bonchev–Trinajstić information content (AvgIpc) is 3.73. The number of hydroxylamine groups is 2. The lowest BCUT2D eigenvalue weighted by atomic mass is 9.73. The molecule has 8 nitrogen and oxygen atoms in total. The van der Waals surface area contributed by atoms with Crippen LogP contribution in [0.5, 0.6) is 0 Å². The Morgan fingerprint density at radius 2 is 1.40 bits per heavy atom. The number of carbonyl (C=O) groups excluding carboxylic acids is 4. The summed E-state index contributed by atoms with van der Waals surface area (Å²) in [7, 11) is 0. The highest BCUT2D eigenvalue weighted by molar-refractivity contribution is 6.21. The number of rotatable bonds is 6. The number of nitrogens with zero attached hydrogens (tertiary/aromatic N) is 1. The molecule has 2 bridgehead atoms. The van der Waals surface area contributed by atoms with Crippen LogP contribution < -0.4 is 5.32 Å². The molecule has 3 unspecified atom stereocenters. The Morgan fingerprint density at radius 1 is 0.825 bits per heavy atom. The van der Waals surface area contributed by atoms with Crippen molar-refractivity contribution in [2.24, 2.45) is 17.3 Å². The molecule has 2 saturated carbocycles. The van der Waals surface area contributed by atoms with Gasteiger partial charge in [-0.3, -0.25) is 9.59 Å². The van der Waals surface area contributed by atoms with Gasteiger partial charge in [-0.05, 0) is 65.5 Å². The first-order chi connectivity index (χ1) is 19.5. The summed E-state index contributed by atoms with van der Waals surface area (Å²) in [6.07, 6.45) is 2.61. The van der Waals surface area contributed by atoms with Crippen molar-refractivity contribution in [3.8, 4) is 11.1 Å². The summed E-state index contributed by atoms with van der Waals surface area (Å²) in [5.74, 6) is -1.71. The van der Waals surface area contributed by atoms with Crippen molar-refractivity contribution in [3.05, 3.63) is 95.1 Å². The Hall–Kier alpha value is -4.46. The monoisotopic (exact) mass is 536 g/mol. The predicted molar refractivity (Wildman–Crippen MR) is 144 cm³/mol. The van der Waals surface area contributed by atoms with E-state index in [0.29, 0.717) is 17.4 Å². The summed E-state index contributed by atoms with van der Waals surface area (Å²) in [5.41, 5.74) is 3.91. The maximum Gasteiger partial charge on any atom is 0.407 e. The van der Waals surface area contributed by atoms with Gasteiger partial charge in [-0.2, -0.15) is 0 Å². The predicted octanol–water partition coefficient (Wildman–Crippen LogP) is 5.09. The highest BCUT2D eigenvalue weighted by Crippen LogP contribution is 2.56. The van der Waals surface area contributed by atoms with E-state index >= 15 is 0 Å². The minimum atomic E-state index is -1.02. The molecular formula is C32H28N2O6. The maximum atomic E-state index is 13.6. The molecule has 3 atom stereocenters. The topological polar surface area (TPSA) is 102 Å². The molecule has 0 spiro atoms. The van der Waals surface area contributed by atoms with Crippen LogP contribution in [0.3, 0.4) is 0 Å². The second-order valence-corrected chi connectivity index (χ2v) is 11.2. The Morgan fingerprint density at radius 3 is 1.95 bits per heavy atom. The molecule has 3 amide bonds. The number of amides is 3. The van der Waals surface area contributed by atoms with Gasteiger partial charge in [0.05, 0.1) is 16.5 Å². The smallest absolute Gasteiger partial charge is 0.407 e. The Balaban J connectivity index is 1.04. The number of alkyl carbamates (subject to hydrolysis) is 1. The van der Waals surface area contributed by atoms with E-state index in [1.807, 2.05) is 24.3 Å². The van der Waals surface area contributed by atoms with E-state index in [0.717, 1.165) is 41.5 Å². The normalized spacial score (nSPS) is 24.1. The first-order valence-electron chi connectivity index (χ1n) is 13.8. The molecule has 1 heterocycles. The van der Waals surface area contributed by atoms with Gasteiger partial charge < -0.3 is 14.9 Å². The number of ether oxygens (including phenoxy) is 1. The third-order valence-electron chi connectivity index (χ3n) is 9.21. The number of imide groups is 1. The van der Waals surface area contributed by atoms with Crippen molar-refractivity contribution in [2.45, 2.75) is 31.6 Å². The molecule has 7 rings (SSSR count). The van der Waals surface area contributed by atoms with Gasteiger partial charge in [-0.1, -0.05) is 72.1 Å². The van der Waals surface area contributed by atoms with E-state index in [-0.39, 0.29) is 36.1 Å². The fraction of sp³-hybridized carbons (Fsp3) is 0.312. The number of benzene rings is 3. The molecule has 2 fully saturated rings. The van der Waals surface area contributed by atoms with Gasteiger partial charge in [0.2, 0.25) is 0 Å². The van der Waals surface area contributed by atoms with E-state index in [1.54, 1.807) is 12.1 Å². The SMILES string of the molecule is O=C(NCC1(C(=O)ON2C(=O)c3ccccc3C2=O)CC2CCC1C2)OCC1c2ccccc2-c2ccccc21. The van der Waals surface area contributed by atoms with Crippen LogP contribution in [-0.2, 0) is 14.4 Å². The third-order valence-corrected chi connectivity index (χ3v) is 9.21. The number of fused-ring (bicyclic) bond motifs is 6. The van der Waals surface area contributed by atoms with Crippen LogP contribution in [0, 0.1) is 17.3 Å². The largest absolute Gasteiger partial charge is 0.449 e. The minimum Gasteiger partial charge on any atom is -0.449 e. The molecule has 1 N–H and O–H groups in total. The van der Waals surface area contributed by atoms with Crippen LogP contribution in [0.25, 0.3) is 11.1 Å². The van der Waals surface area contributed by atoms with Crippen LogP contribution in [0.1, 0.15) is 63.4 Å². The molecule has 202 valence electrons. The molecule has 1 aliphatic heterocycles. The average molecular weight is 537 g/mol. The van der Waals surface area contributed by atoms with Gasteiger partial charge in [-0.25, -0.2) is 9.59 Å². The molecule has 0 aromatic heterocycles. The maximum absolute atomic E-state index is 13.6. The van der Waals surface area contributed by atoms with Crippen molar-refractivity contribution in [3.63, 3.8) is 0 Å². The fourth-order valence-corrected chi connectivity index (χ4v) is 7.29. The second kappa shape index (κ2) is 9.33. The lowest BCUT2D eigenvalue weighted by Crippen LogP contribution is -2.50. The summed E-state index contributed by atoms with van der Waals surface area (Å²) in [4.78, 5) is 57.7. The number of hydrogen-bond acceptors (Lipinski definition) is 6. The summed E-state index contributed by atoms with van der Waals surface area (Å²) in [6, 6.07) is 22.6. The molecule has 40 heavy (non-hydrogen) atoms. The van der Waals surface area contributed by atoms with Gasteiger partial charge in [0.25, 0.3) is 11.8 Å². The Kier molecular flexibility index (Phi) is 5.73. The zero-order valence-corrected chi connectivity index (χ0v) is 21.8. The van der Waals surface area contributed by atoms with Gasteiger partial charge in [0, 0.05) is 12.5 Å². The molecule has 3 aromatic carbocycles. The van der Waals surface area contributed by atoms with Crippen LogP contribution in [0.4, 0.5) is 4.79 Å². The lowest BCUT2D eigenvalue weighted by molar-refractivity contribution is -0.184. The molecule has 3 aromatic rings. The molecule has 0 saturated heterocycles. The summed E-state index contributed by atoms with van der Waals surface area (Å²) < 4.78 is 5.69. The van der Waals surface area contributed by atoms with Gasteiger partial charge >= 0.3 is 12.1 Å². The van der Waals surface area contributed by atoms with E-state index in [2.05, 4.69) is 29.6 Å². The number of carbonyl (C=O) groups is 4. The van der Waals surface area contributed by atoms with Crippen molar-refractivity contribution < 1.29 is 28.8 Å². The van der Waals surface area contributed by atoms with Crippen molar-refractivity contribution in [1.82, 2.24) is 10.4 Å². The van der Waals surface area contributed by atoms with Crippen molar-refractivity contribution in [1.29, 1.82) is 0 Å². The van der Waals surface area contributed by atoms with Gasteiger partial charge in [0.1, 0.15) is 6.61 Å². The second-order valence-electron chi connectivity index (χ2n) is 11.2. The quantitative estimate of drug-likeness (QED) is 0.441. The Labute approximate surface area is 231 Å². The first kappa shape index (κ1) is 24.6. The number of nitrogens with one attached hydrogen (secondary N) is 1. The van der Waals surface area contributed by atoms with Crippen LogP contribution >= 0.6 is 0 Å². The first-order valence-corrected chi connectivity index (χ1v) is 13.8. The van der Waals surface area contributed by atoms with Crippen LogP contribution in [0.15, 0.2) is 72.8 Å². The van der Waals surface area contributed by atoms with E-state index in [9.17, 15) is 19.2 Å². The number of hydrogen-bond donors (Lipinski definition) is 1. The van der Waals surface area contributed by atoms with Crippen LogP contribution in [0.2, 0.25) is 0 Å². The fourth-order valence-electron chi connectivity index (χ4n) is 7.29. The van der Waals surface area contributed by atoms with Gasteiger partial charge in [-0.15, -0.1) is 0 Å². The zero-order chi connectivity index (χ0) is 27.4. The summed E-state index contributed by atoms with van der Waals surface area (Å²) in [6.45, 7) is 0.186. The molecule has 3 aliphatic carbocycles. The Bertz CT molecular complexity index is 1490. The van der Waals surface area contributed by atoms with Gasteiger partial charge in [0.15, 0.2) is 0 Å². The van der Waals surface area contributed by atoms with Crippen molar-refractivity contribution in [2.75, 3.05) is 13.2 Å². The zero-order valence-electron chi connectivity index (χ0n) is 21.8. The highest BCUT2D eigenvalue weighted by atomic mass is 16.7.